The van der Waals surface area contributed by atoms with Crippen LogP contribution in [0.2, 0.25) is 0 Å². The highest BCUT2D eigenvalue weighted by molar-refractivity contribution is 4.92. The van der Waals surface area contributed by atoms with Crippen LogP contribution in [0.25, 0.3) is 0 Å². The molecule has 0 spiro atoms. The number of aliphatic hydroxyl groups excluding tert-OH is 1. The van der Waals surface area contributed by atoms with Crippen LogP contribution in [0.5, 0.6) is 0 Å². The molecule has 2 heteroatoms. The van der Waals surface area contributed by atoms with E-state index in [2.05, 4.69) is 11.0 Å². The lowest BCUT2D eigenvalue weighted by molar-refractivity contribution is 0.171. The maximum Gasteiger partial charge on any atom is 0.0744 e. The van der Waals surface area contributed by atoms with Gasteiger partial charge in [0.15, 0.2) is 0 Å². The van der Waals surface area contributed by atoms with E-state index in [0.29, 0.717) is 5.92 Å². The molecule has 1 N–H and O–H groups in total. The quantitative estimate of drug-likeness (QED) is 0.670. The van der Waals surface area contributed by atoms with Gasteiger partial charge in [0.05, 0.1) is 6.10 Å². The standard InChI is InChI=1S/C11H21NO/c1-10(2)11(13)6-5-9-12-7-3-4-8-12/h5-6,10-11,13H,3-4,7-9H2,1-2H3/b6-5+. The fourth-order valence-electron chi connectivity index (χ4n) is 1.54. The van der Waals surface area contributed by atoms with Gasteiger partial charge in [-0.3, -0.25) is 4.90 Å². The van der Waals surface area contributed by atoms with Crippen LogP contribution in [0.4, 0.5) is 0 Å². The van der Waals surface area contributed by atoms with Gasteiger partial charge in [-0.05, 0) is 31.8 Å². The van der Waals surface area contributed by atoms with E-state index in [0.717, 1.165) is 6.54 Å². The lowest BCUT2D eigenvalue weighted by atomic mass is 10.1. The Bertz CT molecular complexity index is 159. The lowest BCUT2D eigenvalue weighted by Crippen LogP contribution is -2.19. The first-order valence-corrected chi connectivity index (χ1v) is 5.27. The van der Waals surface area contributed by atoms with E-state index in [-0.39, 0.29) is 6.10 Å². The Hall–Kier alpha value is -0.340. The zero-order valence-electron chi connectivity index (χ0n) is 8.74. The number of nitrogens with zero attached hydrogens (tertiary/aromatic N) is 1. The molecule has 1 saturated heterocycles. The molecule has 0 aromatic heterocycles. The number of rotatable bonds is 4. The van der Waals surface area contributed by atoms with Gasteiger partial charge in [-0.15, -0.1) is 0 Å². The van der Waals surface area contributed by atoms with Crippen LogP contribution in [-0.4, -0.2) is 35.7 Å². The van der Waals surface area contributed by atoms with Crippen LogP contribution in [0.1, 0.15) is 26.7 Å². The van der Waals surface area contributed by atoms with E-state index in [9.17, 15) is 5.11 Å². The van der Waals surface area contributed by atoms with Crippen molar-refractivity contribution in [1.82, 2.24) is 4.90 Å². The van der Waals surface area contributed by atoms with Crippen molar-refractivity contribution in [1.29, 1.82) is 0 Å². The molecular weight excluding hydrogens is 162 g/mol. The van der Waals surface area contributed by atoms with Gasteiger partial charge in [0, 0.05) is 6.54 Å². The SMILES string of the molecule is CC(C)C(O)/C=C/CN1CCCC1. The minimum atomic E-state index is -0.275. The average Bonchev–Trinajstić information content (AvgIpc) is 2.56. The van der Waals surface area contributed by atoms with Crippen LogP contribution < -0.4 is 0 Å². The second-order valence-corrected chi connectivity index (χ2v) is 4.17. The van der Waals surface area contributed by atoms with E-state index in [1.54, 1.807) is 0 Å². The van der Waals surface area contributed by atoms with Crippen molar-refractivity contribution in [3.05, 3.63) is 12.2 Å². The van der Waals surface area contributed by atoms with Crippen molar-refractivity contribution >= 4 is 0 Å². The Morgan fingerprint density at radius 3 is 2.46 bits per heavy atom. The summed E-state index contributed by atoms with van der Waals surface area (Å²) in [6, 6.07) is 0. The number of aliphatic hydroxyl groups is 1. The van der Waals surface area contributed by atoms with E-state index >= 15 is 0 Å². The van der Waals surface area contributed by atoms with Crippen LogP contribution in [0.3, 0.4) is 0 Å². The molecule has 0 aromatic carbocycles. The summed E-state index contributed by atoms with van der Waals surface area (Å²) in [7, 11) is 0. The minimum absolute atomic E-state index is 0.275. The summed E-state index contributed by atoms with van der Waals surface area (Å²) in [4.78, 5) is 2.42. The van der Waals surface area contributed by atoms with Gasteiger partial charge in [-0.25, -0.2) is 0 Å². The molecule has 0 saturated carbocycles. The third kappa shape index (κ3) is 3.92. The molecule has 0 amide bonds. The predicted molar refractivity (Wildman–Crippen MR) is 55.7 cm³/mol. The van der Waals surface area contributed by atoms with Crippen molar-refractivity contribution in [2.75, 3.05) is 19.6 Å². The van der Waals surface area contributed by atoms with Gasteiger partial charge in [-0.2, -0.15) is 0 Å². The maximum absolute atomic E-state index is 9.50. The van der Waals surface area contributed by atoms with Crippen LogP contribution in [-0.2, 0) is 0 Å². The highest BCUT2D eigenvalue weighted by Crippen LogP contribution is 2.07. The van der Waals surface area contributed by atoms with E-state index in [4.69, 9.17) is 0 Å². The number of hydrogen-bond donors (Lipinski definition) is 1. The molecule has 1 fully saturated rings. The molecule has 0 bridgehead atoms. The molecule has 1 rings (SSSR count). The molecule has 76 valence electrons. The van der Waals surface area contributed by atoms with E-state index in [1.165, 1.54) is 25.9 Å². The third-order valence-corrected chi connectivity index (χ3v) is 2.58. The first kappa shape index (κ1) is 10.7. The zero-order valence-corrected chi connectivity index (χ0v) is 8.74. The summed E-state index contributed by atoms with van der Waals surface area (Å²) in [6.07, 6.45) is 6.41. The summed E-state index contributed by atoms with van der Waals surface area (Å²) in [5.41, 5.74) is 0. The second-order valence-electron chi connectivity index (χ2n) is 4.17. The summed E-state index contributed by atoms with van der Waals surface area (Å²) in [5, 5.41) is 9.50. The molecule has 1 heterocycles. The van der Waals surface area contributed by atoms with Crippen molar-refractivity contribution in [2.45, 2.75) is 32.8 Å². The highest BCUT2D eigenvalue weighted by Gasteiger charge is 2.09. The molecule has 13 heavy (non-hydrogen) atoms. The van der Waals surface area contributed by atoms with Gasteiger partial charge in [0.25, 0.3) is 0 Å². The van der Waals surface area contributed by atoms with Crippen LogP contribution in [0, 0.1) is 5.92 Å². The predicted octanol–water partition coefficient (Wildman–Crippen LogP) is 1.66. The Morgan fingerprint density at radius 1 is 1.31 bits per heavy atom. The fraction of sp³-hybridized carbons (Fsp3) is 0.818. The summed E-state index contributed by atoms with van der Waals surface area (Å²) < 4.78 is 0. The Labute approximate surface area is 81.2 Å². The smallest absolute Gasteiger partial charge is 0.0744 e. The van der Waals surface area contributed by atoms with Crippen LogP contribution >= 0.6 is 0 Å². The molecule has 0 radical (unpaired) electrons. The van der Waals surface area contributed by atoms with Crippen molar-refractivity contribution in [3.63, 3.8) is 0 Å². The third-order valence-electron chi connectivity index (χ3n) is 2.58. The average molecular weight is 183 g/mol. The molecule has 1 unspecified atom stereocenters. The van der Waals surface area contributed by atoms with E-state index < -0.39 is 0 Å². The highest BCUT2D eigenvalue weighted by atomic mass is 16.3. The van der Waals surface area contributed by atoms with E-state index in [1.807, 2.05) is 19.9 Å². The maximum atomic E-state index is 9.50. The van der Waals surface area contributed by atoms with Crippen molar-refractivity contribution in [3.8, 4) is 0 Å². The Balaban J connectivity index is 2.16. The Kier molecular flexibility index (Phi) is 4.46. The molecule has 0 aromatic rings. The van der Waals surface area contributed by atoms with Gasteiger partial charge in [0.1, 0.15) is 0 Å². The first-order chi connectivity index (χ1) is 6.20. The molecule has 2 nitrogen and oxygen atoms in total. The second kappa shape index (κ2) is 5.40. The summed E-state index contributed by atoms with van der Waals surface area (Å²) >= 11 is 0. The minimum Gasteiger partial charge on any atom is -0.389 e. The van der Waals surface area contributed by atoms with Crippen molar-refractivity contribution < 1.29 is 5.11 Å². The summed E-state index contributed by atoms with van der Waals surface area (Å²) in [6.45, 7) is 7.52. The van der Waals surface area contributed by atoms with Crippen LogP contribution in [0.15, 0.2) is 12.2 Å². The molecule has 1 atom stereocenters. The topological polar surface area (TPSA) is 23.5 Å². The molecular formula is C11H21NO. The van der Waals surface area contributed by atoms with Gasteiger partial charge in [0.2, 0.25) is 0 Å². The van der Waals surface area contributed by atoms with Gasteiger partial charge >= 0.3 is 0 Å². The lowest BCUT2D eigenvalue weighted by Gasteiger charge is -2.12. The normalized spacial score (nSPS) is 21.8. The first-order valence-electron chi connectivity index (χ1n) is 5.27. The monoisotopic (exact) mass is 183 g/mol. The van der Waals surface area contributed by atoms with Crippen molar-refractivity contribution in [2.24, 2.45) is 5.92 Å². The molecule has 0 aliphatic carbocycles. The largest absolute Gasteiger partial charge is 0.389 e. The zero-order chi connectivity index (χ0) is 9.68. The summed E-state index contributed by atoms with van der Waals surface area (Å²) in [5.74, 6) is 0.329. The number of hydrogen-bond acceptors (Lipinski definition) is 2. The Morgan fingerprint density at radius 2 is 1.92 bits per heavy atom. The van der Waals surface area contributed by atoms with Gasteiger partial charge < -0.3 is 5.11 Å². The molecule has 1 aliphatic rings. The number of likely N-dealkylation sites (tertiary alicyclic amines) is 1. The fourth-order valence-corrected chi connectivity index (χ4v) is 1.54. The molecule has 1 aliphatic heterocycles. The van der Waals surface area contributed by atoms with Gasteiger partial charge in [-0.1, -0.05) is 26.0 Å².